The van der Waals surface area contributed by atoms with E-state index in [0.717, 1.165) is 36.3 Å². The van der Waals surface area contributed by atoms with Gasteiger partial charge in [0.1, 0.15) is 5.75 Å². The van der Waals surface area contributed by atoms with Crippen molar-refractivity contribution in [2.24, 2.45) is 0 Å². The van der Waals surface area contributed by atoms with Gasteiger partial charge >= 0.3 is 0 Å². The van der Waals surface area contributed by atoms with Crippen molar-refractivity contribution in [1.82, 2.24) is 0 Å². The third kappa shape index (κ3) is 6.34. The molecule has 0 spiro atoms. The Morgan fingerprint density at radius 1 is 1.10 bits per heavy atom. The second kappa shape index (κ2) is 8.89. The monoisotopic (exact) mass is 290 g/mol. The second-order valence-corrected chi connectivity index (χ2v) is 5.80. The maximum absolute atomic E-state index is 6.04. The highest BCUT2D eigenvalue weighted by molar-refractivity contribution is 5.61. The molecule has 0 aliphatic carbocycles. The molecule has 0 amide bonds. The van der Waals surface area contributed by atoms with E-state index >= 15 is 0 Å². The lowest BCUT2D eigenvalue weighted by Gasteiger charge is -2.29. The molecule has 0 saturated carbocycles. The number of hydrogen-bond donors (Lipinski definition) is 0. The van der Waals surface area contributed by atoms with Crippen LogP contribution < -0.4 is 4.74 Å². The maximum Gasteiger partial charge on any atom is 0.207 e. The summed E-state index contributed by atoms with van der Waals surface area (Å²) in [6.45, 7) is 13.0. The quantitative estimate of drug-likeness (QED) is 0.399. The second-order valence-electron chi connectivity index (χ2n) is 5.80. The van der Waals surface area contributed by atoms with Crippen LogP contribution in [0.25, 0.3) is 5.57 Å². The Bertz CT molecular complexity index is 422. The molecule has 0 fully saturated rings. The molecule has 0 aliphatic rings. The van der Waals surface area contributed by atoms with Gasteiger partial charge in [0.2, 0.25) is 5.79 Å². The highest BCUT2D eigenvalue weighted by Gasteiger charge is 2.24. The molecule has 0 heterocycles. The van der Waals surface area contributed by atoms with Gasteiger partial charge in [-0.25, -0.2) is 0 Å². The average molecular weight is 290 g/mol. The smallest absolute Gasteiger partial charge is 0.207 e. The van der Waals surface area contributed by atoms with E-state index in [1.807, 2.05) is 38.1 Å². The zero-order chi connectivity index (χ0) is 15.7. The number of allylic oxidation sites excluding steroid dienone is 1. The molecule has 0 saturated heterocycles. The Morgan fingerprint density at radius 3 is 2.29 bits per heavy atom. The number of rotatable bonds is 10. The molecule has 1 unspecified atom stereocenters. The van der Waals surface area contributed by atoms with Crippen molar-refractivity contribution in [3.8, 4) is 5.75 Å². The van der Waals surface area contributed by atoms with E-state index in [0.29, 0.717) is 0 Å². The molecule has 0 aliphatic heterocycles. The van der Waals surface area contributed by atoms with Gasteiger partial charge in [0.25, 0.3) is 0 Å². The fourth-order valence-corrected chi connectivity index (χ4v) is 2.08. The fraction of sp³-hybridized carbons (Fsp3) is 0.579. The van der Waals surface area contributed by atoms with Crippen LogP contribution in [0.3, 0.4) is 0 Å². The Kier molecular flexibility index (Phi) is 7.52. The van der Waals surface area contributed by atoms with E-state index in [1.54, 1.807) is 0 Å². The minimum Gasteiger partial charge on any atom is -0.463 e. The lowest BCUT2D eigenvalue weighted by atomic mass is 10.1. The predicted octanol–water partition coefficient (Wildman–Crippen LogP) is 5.82. The van der Waals surface area contributed by atoms with E-state index in [1.165, 1.54) is 19.3 Å². The first-order chi connectivity index (χ1) is 10.0. The molecule has 118 valence electrons. The van der Waals surface area contributed by atoms with Crippen molar-refractivity contribution in [3.05, 3.63) is 36.4 Å². The van der Waals surface area contributed by atoms with Gasteiger partial charge in [0.15, 0.2) is 0 Å². The van der Waals surface area contributed by atoms with Crippen molar-refractivity contribution in [3.63, 3.8) is 0 Å². The summed E-state index contributed by atoms with van der Waals surface area (Å²) >= 11 is 0. The zero-order valence-electron chi connectivity index (χ0n) is 14.1. The highest BCUT2D eigenvalue weighted by atomic mass is 16.7. The van der Waals surface area contributed by atoms with Crippen LogP contribution in [0.2, 0.25) is 0 Å². The SMILES string of the molecule is C=C(C)c1ccc(OC(C)(CC)OCCCCCC)cc1. The van der Waals surface area contributed by atoms with Gasteiger partial charge in [-0.2, -0.15) is 0 Å². The van der Waals surface area contributed by atoms with Gasteiger partial charge in [-0.05, 0) is 31.0 Å². The molecular formula is C19H30O2. The summed E-state index contributed by atoms with van der Waals surface area (Å²) in [5.41, 5.74) is 2.20. The van der Waals surface area contributed by atoms with Crippen LogP contribution in [0.15, 0.2) is 30.8 Å². The third-order valence-corrected chi connectivity index (χ3v) is 3.73. The summed E-state index contributed by atoms with van der Waals surface area (Å²) in [6.07, 6.45) is 5.67. The summed E-state index contributed by atoms with van der Waals surface area (Å²) in [4.78, 5) is 0. The topological polar surface area (TPSA) is 18.5 Å². The molecule has 2 nitrogen and oxygen atoms in total. The standard InChI is InChI=1S/C19H30O2/c1-6-8-9-10-15-20-19(5,7-2)21-18-13-11-17(12-14-18)16(3)4/h11-14H,3,6-10,15H2,1-2,4-5H3. The Labute approximate surface area is 130 Å². The summed E-state index contributed by atoms with van der Waals surface area (Å²) in [7, 11) is 0. The van der Waals surface area contributed by atoms with Gasteiger partial charge in [-0.3, -0.25) is 0 Å². The average Bonchev–Trinajstić information content (AvgIpc) is 2.47. The summed E-state index contributed by atoms with van der Waals surface area (Å²) in [5.74, 6) is 0.301. The summed E-state index contributed by atoms with van der Waals surface area (Å²) < 4.78 is 12.0. The Morgan fingerprint density at radius 2 is 1.76 bits per heavy atom. The number of unbranched alkanes of at least 4 members (excludes halogenated alkanes) is 3. The Balaban J connectivity index is 2.52. The molecular weight excluding hydrogens is 260 g/mol. The lowest BCUT2D eigenvalue weighted by Crippen LogP contribution is -2.35. The maximum atomic E-state index is 6.04. The van der Waals surface area contributed by atoms with E-state index in [4.69, 9.17) is 9.47 Å². The first-order valence-electron chi connectivity index (χ1n) is 8.09. The molecule has 0 radical (unpaired) electrons. The van der Waals surface area contributed by atoms with Crippen LogP contribution >= 0.6 is 0 Å². The van der Waals surface area contributed by atoms with Crippen LogP contribution in [-0.4, -0.2) is 12.4 Å². The van der Waals surface area contributed by atoms with E-state index in [9.17, 15) is 0 Å². The van der Waals surface area contributed by atoms with E-state index in [2.05, 4.69) is 20.4 Å². The van der Waals surface area contributed by atoms with Crippen LogP contribution in [0, 0.1) is 0 Å². The largest absolute Gasteiger partial charge is 0.463 e. The minimum absolute atomic E-state index is 0.545. The van der Waals surface area contributed by atoms with Crippen LogP contribution in [0.1, 0.15) is 65.4 Å². The first kappa shape index (κ1) is 17.8. The van der Waals surface area contributed by atoms with Crippen molar-refractivity contribution < 1.29 is 9.47 Å². The molecule has 1 aromatic carbocycles. The number of ether oxygens (including phenoxy) is 2. The van der Waals surface area contributed by atoms with Crippen molar-refractivity contribution >= 4 is 5.57 Å². The third-order valence-electron chi connectivity index (χ3n) is 3.73. The molecule has 0 aromatic heterocycles. The molecule has 1 aromatic rings. The van der Waals surface area contributed by atoms with Gasteiger partial charge in [0, 0.05) is 13.3 Å². The normalized spacial score (nSPS) is 13.7. The van der Waals surface area contributed by atoms with E-state index < -0.39 is 5.79 Å². The molecule has 0 bridgehead atoms. The van der Waals surface area contributed by atoms with Crippen LogP contribution in [0.4, 0.5) is 0 Å². The zero-order valence-corrected chi connectivity index (χ0v) is 14.1. The Hall–Kier alpha value is -1.28. The van der Waals surface area contributed by atoms with Gasteiger partial charge < -0.3 is 9.47 Å². The molecule has 2 heteroatoms. The minimum atomic E-state index is -0.545. The van der Waals surface area contributed by atoms with Crippen molar-refractivity contribution in [1.29, 1.82) is 0 Å². The molecule has 21 heavy (non-hydrogen) atoms. The molecule has 1 rings (SSSR count). The molecule has 0 N–H and O–H groups in total. The van der Waals surface area contributed by atoms with Crippen molar-refractivity contribution in [2.45, 2.75) is 65.6 Å². The summed E-state index contributed by atoms with van der Waals surface area (Å²) in [5, 5.41) is 0. The van der Waals surface area contributed by atoms with Gasteiger partial charge in [0.05, 0.1) is 6.61 Å². The number of hydrogen-bond acceptors (Lipinski definition) is 2. The lowest BCUT2D eigenvalue weighted by molar-refractivity contribution is -0.172. The van der Waals surface area contributed by atoms with Crippen LogP contribution in [-0.2, 0) is 4.74 Å². The van der Waals surface area contributed by atoms with Gasteiger partial charge in [-0.15, -0.1) is 0 Å². The van der Waals surface area contributed by atoms with Crippen molar-refractivity contribution in [2.75, 3.05) is 6.61 Å². The fourth-order valence-electron chi connectivity index (χ4n) is 2.08. The van der Waals surface area contributed by atoms with Crippen LogP contribution in [0.5, 0.6) is 5.75 Å². The highest BCUT2D eigenvalue weighted by Crippen LogP contribution is 2.24. The number of benzene rings is 1. The van der Waals surface area contributed by atoms with Gasteiger partial charge in [-0.1, -0.05) is 57.4 Å². The van der Waals surface area contributed by atoms with E-state index in [-0.39, 0.29) is 0 Å². The molecule has 1 atom stereocenters. The summed E-state index contributed by atoms with van der Waals surface area (Å²) in [6, 6.07) is 8.04. The predicted molar refractivity (Wildman–Crippen MR) is 90.6 cm³/mol. The first-order valence-corrected chi connectivity index (χ1v) is 8.09.